The first kappa shape index (κ1) is 26.4. The third kappa shape index (κ3) is 5.07. The van der Waals surface area contributed by atoms with Gasteiger partial charge in [0.1, 0.15) is 17.6 Å². The Morgan fingerprint density at radius 2 is 1.94 bits per heavy atom. The summed E-state index contributed by atoms with van der Waals surface area (Å²) in [6, 6.07) is 3.23. The van der Waals surface area contributed by atoms with Crippen molar-refractivity contribution in [3.05, 3.63) is 53.7 Å². The zero-order chi connectivity index (χ0) is 25.3. The fourth-order valence-electron chi connectivity index (χ4n) is 3.37. The van der Waals surface area contributed by atoms with Gasteiger partial charge in [-0.15, -0.1) is 0 Å². The molecule has 13 heteroatoms. The normalized spacial score (nSPS) is 22.9. The van der Waals surface area contributed by atoms with Crippen molar-refractivity contribution in [1.82, 2.24) is 9.24 Å². The van der Waals surface area contributed by atoms with Gasteiger partial charge in [-0.1, -0.05) is 6.92 Å². The number of halogens is 3. The summed E-state index contributed by atoms with van der Waals surface area (Å²) in [5, 5.41) is 9.89. The second-order valence-electron chi connectivity index (χ2n) is 7.66. The Labute approximate surface area is 210 Å². The molecule has 0 aliphatic carbocycles. The van der Waals surface area contributed by atoms with Gasteiger partial charge >= 0.3 is 5.69 Å². The number of methoxy groups -OCH3 is 1. The number of rotatable bonds is 7. The average Bonchev–Trinajstić information content (AvgIpc) is 3.05. The Hall–Kier alpha value is -2.22. The minimum absolute atomic E-state index is 0.138. The van der Waals surface area contributed by atoms with Crippen LogP contribution in [0.25, 0.3) is 0 Å². The maximum Gasteiger partial charge on any atom is 0.352 e. The van der Waals surface area contributed by atoms with Crippen molar-refractivity contribution < 1.29 is 28.5 Å². The van der Waals surface area contributed by atoms with Crippen molar-refractivity contribution in [2.45, 2.75) is 57.9 Å². The van der Waals surface area contributed by atoms with Gasteiger partial charge in [0.25, 0.3) is 11.5 Å². The van der Waals surface area contributed by atoms with Crippen LogP contribution >= 0.6 is 31.9 Å². The largest absolute Gasteiger partial charge is 0.495 e. The van der Waals surface area contributed by atoms with E-state index in [1.54, 1.807) is 19.1 Å². The minimum atomic E-state index is -1.90. The van der Waals surface area contributed by atoms with E-state index in [-0.39, 0.29) is 17.7 Å². The maximum absolute atomic E-state index is 14.6. The van der Waals surface area contributed by atoms with Gasteiger partial charge in [0, 0.05) is 17.8 Å². The highest BCUT2D eigenvalue weighted by Gasteiger charge is 2.43. The molecule has 0 spiro atoms. The van der Waals surface area contributed by atoms with Crippen LogP contribution in [0.5, 0.6) is 11.5 Å². The van der Waals surface area contributed by atoms with Crippen LogP contribution in [-0.2, 0) is 16.0 Å². The van der Waals surface area contributed by atoms with Crippen LogP contribution in [0.3, 0.4) is 0 Å². The standard InChI is InChI=1S/C21H24Br2FN3O7/c1-5-11-8-26(20-16(24)17(28)9(2)34-20)21(31)27(19(11)30)25-18(29)10(3)33-15-7-14(32-4)12(22)6-13(15)23/h6-10,16-17,20,28H,5H2,1-4H3,(H,25,29)/t9-,10?,16+,17-,20-/m1/s1. The molecule has 2 heterocycles. The van der Waals surface area contributed by atoms with E-state index in [1.807, 2.05) is 0 Å². The molecule has 1 unspecified atom stereocenters. The van der Waals surface area contributed by atoms with Crippen LogP contribution in [0.4, 0.5) is 4.39 Å². The Bertz CT molecular complexity index is 1200. The number of aromatic nitrogens is 2. The van der Waals surface area contributed by atoms with Gasteiger partial charge in [-0.2, -0.15) is 4.68 Å². The van der Waals surface area contributed by atoms with Crippen LogP contribution in [-0.4, -0.2) is 51.9 Å². The molecular weight excluding hydrogens is 585 g/mol. The lowest BCUT2D eigenvalue weighted by Crippen LogP contribution is -2.51. The molecule has 0 saturated carbocycles. The van der Waals surface area contributed by atoms with Crippen LogP contribution < -0.4 is 26.1 Å². The number of nitrogens with zero attached hydrogens (tertiary/aromatic N) is 2. The fourth-order valence-corrected chi connectivity index (χ4v) is 4.62. The molecule has 10 nitrogen and oxygen atoms in total. The monoisotopic (exact) mass is 607 g/mol. The van der Waals surface area contributed by atoms with Gasteiger partial charge in [0.05, 0.1) is 22.2 Å². The second-order valence-corrected chi connectivity index (χ2v) is 9.37. The molecule has 0 bridgehead atoms. The summed E-state index contributed by atoms with van der Waals surface area (Å²) in [6.45, 7) is 4.57. The van der Waals surface area contributed by atoms with Crippen molar-refractivity contribution in [2.24, 2.45) is 0 Å². The molecule has 1 aliphatic rings. The molecule has 1 aromatic heterocycles. The SMILES string of the molecule is CCc1cn([C@@H]2O[C@H](C)[C@@H](O)[C@@H]2F)c(=O)n(NC(=O)C(C)Oc2cc(OC)c(Br)cc2Br)c1=O. The number of ether oxygens (including phenoxy) is 3. The first-order chi connectivity index (χ1) is 16.0. The van der Waals surface area contributed by atoms with Crippen LogP contribution in [0.15, 0.2) is 36.9 Å². The lowest BCUT2D eigenvalue weighted by Gasteiger charge is -2.20. The van der Waals surface area contributed by atoms with Crippen molar-refractivity contribution in [1.29, 1.82) is 0 Å². The highest BCUT2D eigenvalue weighted by molar-refractivity contribution is 9.11. The number of aliphatic hydroxyl groups excluding tert-OH is 1. The summed E-state index contributed by atoms with van der Waals surface area (Å²) in [7, 11) is 1.47. The minimum Gasteiger partial charge on any atom is -0.495 e. The number of carbonyl (C=O) groups excluding carboxylic acids is 1. The average molecular weight is 609 g/mol. The molecule has 1 aromatic carbocycles. The number of amides is 1. The third-order valence-electron chi connectivity index (χ3n) is 5.37. The van der Waals surface area contributed by atoms with E-state index in [2.05, 4.69) is 37.3 Å². The molecule has 1 aliphatic heterocycles. The summed E-state index contributed by atoms with van der Waals surface area (Å²) < 4.78 is 33.4. The van der Waals surface area contributed by atoms with E-state index in [0.717, 1.165) is 4.57 Å². The van der Waals surface area contributed by atoms with Crippen LogP contribution in [0.2, 0.25) is 0 Å². The van der Waals surface area contributed by atoms with Crippen LogP contribution in [0.1, 0.15) is 32.6 Å². The molecule has 1 amide bonds. The van der Waals surface area contributed by atoms with E-state index in [0.29, 0.717) is 19.4 Å². The molecule has 1 fully saturated rings. The van der Waals surface area contributed by atoms with Crippen LogP contribution in [0, 0.1) is 0 Å². The smallest absolute Gasteiger partial charge is 0.352 e. The molecular formula is C21H24Br2FN3O7. The van der Waals surface area contributed by atoms with Crippen molar-refractivity contribution in [3.8, 4) is 11.5 Å². The lowest BCUT2D eigenvalue weighted by atomic mass is 10.1. The van der Waals surface area contributed by atoms with Gasteiger partial charge < -0.3 is 19.3 Å². The molecule has 2 aromatic rings. The number of aliphatic hydroxyl groups is 1. The van der Waals surface area contributed by atoms with Gasteiger partial charge in [-0.25, -0.2) is 9.18 Å². The summed E-state index contributed by atoms with van der Waals surface area (Å²) >= 11 is 6.68. The number of nitrogens with one attached hydrogen (secondary N) is 1. The molecule has 34 heavy (non-hydrogen) atoms. The number of benzene rings is 1. The summed E-state index contributed by atoms with van der Waals surface area (Å²) in [4.78, 5) is 38.6. The number of aryl methyl sites for hydroxylation is 1. The Kier molecular flexibility index (Phi) is 8.22. The summed E-state index contributed by atoms with van der Waals surface area (Å²) in [5.74, 6) is -0.0444. The van der Waals surface area contributed by atoms with E-state index < -0.39 is 47.9 Å². The molecule has 1 saturated heterocycles. The zero-order valence-corrected chi connectivity index (χ0v) is 21.9. The highest BCUT2D eigenvalue weighted by atomic mass is 79.9. The van der Waals surface area contributed by atoms with Crippen molar-refractivity contribution in [2.75, 3.05) is 12.5 Å². The molecule has 186 valence electrons. The second kappa shape index (κ2) is 10.6. The first-order valence-electron chi connectivity index (χ1n) is 10.3. The quantitative estimate of drug-likeness (QED) is 0.495. The number of hydrogen-bond donors (Lipinski definition) is 2. The number of hydrogen-bond acceptors (Lipinski definition) is 7. The Morgan fingerprint density at radius 1 is 1.29 bits per heavy atom. The zero-order valence-electron chi connectivity index (χ0n) is 18.8. The Morgan fingerprint density at radius 3 is 2.50 bits per heavy atom. The van der Waals surface area contributed by atoms with E-state index in [1.165, 1.54) is 27.2 Å². The van der Waals surface area contributed by atoms with Gasteiger partial charge in [-0.3, -0.25) is 19.6 Å². The molecule has 2 N–H and O–H groups in total. The van der Waals surface area contributed by atoms with E-state index >= 15 is 0 Å². The number of alkyl halides is 1. The Balaban J connectivity index is 1.91. The maximum atomic E-state index is 14.6. The predicted octanol–water partition coefficient (Wildman–Crippen LogP) is 2.26. The van der Waals surface area contributed by atoms with Gasteiger partial charge in [-0.05, 0) is 58.2 Å². The van der Waals surface area contributed by atoms with E-state index in [4.69, 9.17) is 14.2 Å². The van der Waals surface area contributed by atoms with Crippen molar-refractivity contribution in [3.63, 3.8) is 0 Å². The molecule has 0 radical (unpaired) electrons. The summed E-state index contributed by atoms with van der Waals surface area (Å²) in [6.07, 6.45) is -5.40. The fraction of sp³-hybridized carbons (Fsp3) is 0.476. The van der Waals surface area contributed by atoms with Gasteiger partial charge in [0.15, 0.2) is 18.5 Å². The third-order valence-corrected chi connectivity index (χ3v) is 6.61. The van der Waals surface area contributed by atoms with Gasteiger partial charge in [0.2, 0.25) is 0 Å². The lowest BCUT2D eigenvalue weighted by molar-refractivity contribution is -0.123. The number of carbonyl (C=O) groups is 1. The van der Waals surface area contributed by atoms with E-state index in [9.17, 15) is 23.9 Å². The highest BCUT2D eigenvalue weighted by Crippen LogP contribution is 2.36. The summed E-state index contributed by atoms with van der Waals surface area (Å²) in [5.41, 5.74) is 0.591. The topological polar surface area (TPSA) is 121 Å². The molecule has 3 rings (SSSR count). The molecule has 5 atom stereocenters. The van der Waals surface area contributed by atoms with Crippen molar-refractivity contribution >= 4 is 37.8 Å². The predicted molar refractivity (Wildman–Crippen MR) is 128 cm³/mol. The first-order valence-corrected chi connectivity index (χ1v) is 11.9.